The van der Waals surface area contributed by atoms with E-state index in [1.54, 1.807) is 6.20 Å². The van der Waals surface area contributed by atoms with Crippen LogP contribution in [0, 0.1) is 5.41 Å². The normalized spacial score (nSPS) is 18.8. The smallest absolute Gasteiger partial charge is 0.187 e. The van der Waals surface area contributed by atoms with Crippen molar-refractivity contribution in [1.82, 2.24) is 4.98 Å². The predicted octanol–water partition coefficient (Wildman–Crippen LogP) is 2.61. The van der Waals surface area contributed by atoms with E-state index in [0.29, 0.717) is 5.69 Å². The van der Waals surface area contributed by atoms with Gasteiger partial charge in [0.05, 0.1) is 0 Å². The van der Waals surface area contributed by atoms with Crippen LogP contribution >= 0.6 is 15.9 Å². The fourth-order valence-electron chi connectivity index (χ4n) is 1.70. The van der Waals surface area contributed by atoms with Gasteiger partial charge in [-0.05, 0) is 34.0 Å². The average Bonchev–Trinajstić information content (AvgIpc) is 2.22. The quantitative estimate of drug-likeness (QED) is 0.697. The van der Waals surface area contributed by atoms with Gasteiger partial charge in [-0.3, -0.25) is 9.78 Å². The molecule has 0 spiro atoms. The average molecular weight is 240 g/mol. The van der Waals surface area contributed by atoms with Crippen molar-refractivity contribution in [1.29, 1.82) is 0 Å². The molecule has 0 aromatic carbocycles. The van der Waals surface area contributed by atoms with Gasteiger partial charge in [0.2, 0.25) is 0 Å². The third kappa shape index (κ3) is 1.31. The van der Waals surface area contributed by atoms with Crippen LogP contribution in [0.4, 0.5) is 0 Å². The van der Waals surface area contributed by atoms with Crippen LogP contribution in [0.1, 0.15) is 29.9 Å². The topological polar surface area (TPSA) is 30.0 Å². The zero-order valence-corrected chi connectivity index (χ0v) is 9.18. The molecule has 0 fully saturated rings. The molecule has 0 amide bonds. The minimum absolute atomic E-state index is 0.162. The van der Waals surface area contributed by atoms with Crippen LogP contribution in [-0.4, -0.2) is 10.8 Å². The zero-order valence-electron chi connectivity index (χ0n) is 7.60. The molecule has 0 unspecified atom stereocenters. The lowest BCUT2D eigenvalue weighted by Crippen LogP contribution is -2.19. The number of Topliss-reactive ketones (excluding diaryl/α,β-unsaturated/α-hetero) is 1. The van der Waals surface area contributed by atoms with Crippen LogP contribution in [-0.2, 0) is 6.42 Å². The van der Waals surface area contributed by atoms with E-state index in [1.807, 2.05) is 19.9 Å². The first-order valence-electron chi connectivity index (χ1n) is 4.20. The number of fused-ring (bicyclic) bond motifs is 1. The van der Waals surface area contributed by atoms with Crippen LogP contribution < -0.4 is 0 Å². The maximum atomic E-state index is 11.8. The number of aromatic nitrogens is 1. The van der Waals surface area contributed by atoms with Crippen molar-refractivity contribution in [2.24, 2.45) is 5.41 Å². The molecule has 0 saturated carbocycles. The first-order chi connectivity index (χ1) is 6.00. The van der Waals surface area contributed by atoms with Crippen LogP contribution in [0.5, 0.6) is 0 Å². The van der Waals surface area contributed by atoms with Gasteiger partial charge in [0, 0.05) is 16.1 Å². The fraction of sp³-hybridized carbons (Fsp3) is 0.400. The summed E-state index contributed by atoms with van der Waals surface area (Å²) in [7, 11) is 0. The van der Waals surface area contributed by atoms with Crippen molar-refractivity contribution in [3.8, 4) is 0 Å². The molecule has 3 heteroatoms. The molecular formula is C10H10BrNO. The van der Waals surface area contributed by atoms with Crippen LogP contribution in [0.25, 0.3) is 0 Å². The van der Waals surface area contributed by atoms with Gasteiger partial charge in [-0.25, -0.2) is 0 Å². The van der Waals surface area contributed by atoms with Crippen molar-refractivity contribution >= 4 is 21.7 Å². The Morgan fingerprint density at radius 3 is 2.92 bits per heavy atom. The minimum atomic E-state index is -0.268. The highest BCUT2D eigenvalue weighted by molar-refractivity contribution is 9.10. The molecule has 13 heavy (non-hydrogen) atoms. The Morgan fingerprint density at radius 2 is 2.23 bits per heavy atom. The lowest BCUT2D eigenvalue weighted by atomic mass is 9.89. The highest BCUT2D eigenvalue weighted by Crippen LogP contribution is 2.35. The Labute approximate surface area is 85.5 Å². The number of ketones is 1. The van der Waals surface area contributed by atoms with Gasteiger partial charge in [-0.1, -0.05) is 13.8 Å². The van der Waals surface area contributed by atoms with E-state index in [9.17, 15) is 4.79 Å². The van der Waals surface area contributed by atoms with E-state index in [0.717, 1.165) is 16.5 Å². The van der Waals surface area contributed by atoms with E-state index in [-0.39, 0.29) is 11.2 Å². The molecule has 1 aliphatic rings. The molecule has 0 bridgehead atoms. The van der Waals surface area contributed by atoms with Crippen molar-refractivity contribution in [3.05, 3.63) is 28.0 Å². The van der Waals surface area contributed by atoms with Crippen molar-refractivity contribution in [2.75, 3.05) is 0 Å². The third-order valence-corrected chi connectivity index (χ3v) is 2.83. The number of rotatable bonds is 0. The van der Waals surface area contributed by atoms with Gasteiger partial charge in [0.15, 0.2) is 5.78 Å². The first kappa shape index (κ1) is 8.88. The van der Waals surface area contributed by atoms with E-state index < -0.39 is 0 Å². The van der Waals surface area contributed by atoms with Gasteiger partial charge < -0.3 is 0 Å². The molecule has 1 heterocycles. The van der Waals surface area contributed by atoms with Crippen LogP contribution in [0.2, 0.25) is 0 Å². The highest BCUT2D eigenvalue weighted by Gasteiger charge is 2.38. The largest absolute Gasteiger partial charge is 0.292 e. The lowest BCUT2D eigenvalue weighted by Gasteiger charge is -2.12. The number of pyridine rings is 1. The third-order valence-electron chi connectivity index (χ3n) is 2.40. The van der Waals surface area contributed by atoms with Crippen LogP contribution in [0.3, 0.4) is 0 Å². The summed E-state index contributed by atoms with van der Waals surface area (Å²) in [6.07, 6.45) is 2.48. The van der Waals surface area contributed by atoms with Gasteiger partial charge in [0.25, 0.3) is 0 Å². The Kier molecular flexibility index (Phi) is 1.80. The standard InChI is InChI=1S/C10H10BrNO/c1-10(2)4-6-3-7(11)5-12-8(6)9(10)13/h3,5H,4H2,1-2H3. The first-order valence-corrected chi connectivity index (χ1v) is 4.99. The number of hydrogen-bond acceptors (Lipinski definition) is 2. The van der Waals surface area contributed by atoms with E-state index in [4.69, 9.17) is 0 Å². The monoisotopic (exact) mass is 239 g/mol. The van der Waals surface area contributed by atoms with E-state index in [2.05, 4.69) is 20.9 Å². The fourth-order valence-corrected chi connectivity index (χ4v) is 2.08. The van der Waals surface area contributed by atoms with Crippen molar-refractivity contribution in [2.45, 2.75) is 20.3 Å². The van der Waals surface area contributed by atoms with Gasteiger partial charge >= 0.3 is 0 Å². The van der Waals surface area contributed by atoms with Gasteiger partial charge in [0.1, 0.15) is 5.69 Å². The molecule has 0 saturated heterocycles. The molecule has 0 atom stereocenters. The number of halogens is 1. The second-order valence-corrected chi connectivity index (χ2v) is 4.97. The summed E-state index contributed by atoms with van der Waals surface area (Å²) < 4.78 is 0.941. The second kappa shape index (κ2) is 2.64. The summed E-state index contributed by atoms with van der Waals surface area (Å²) in [5, 5.41) is 0. The van der Waals surface area contributed by atoms with Gasteiger partial charge in [-0.15, -0.1) is 0 Å². The summed E-state index contributed by atoms with van der Waals surface area (Å²) in [5.74, 6) is 0.162. The highest BCUT2D eigenvalue weighted by atomic mass is 79.9. The summed E-state index contributed by atoms with van der Waals surface area (Å²) in [5.41, 5.74) is 1.44. The number of carbonyl (C=O) groups excluding carboxylic acids is 1. The maximum absolute atomic E-state index is 11.8. The molecule has 1 aromatic rings. The number of nitrogens with zero attached hydrogens (tertiary/aromatic N) is 1. The molecule has 1 aromatic heterocycles. The van der Waals surface area contributed by atoms with Crippen molar-refractivity contribution < 1.29 is 4.79 Å². The maximum Gasteiger partial charge on any atom is 0.187 e. The molecule has 0 N–H and O–H groups in total. The Bertz CT molecular complexity index is 385. The van der Waals surface area contributed by atoms with Crippen molar-refractivity contribution in [3.63, 3.8) is 0 Å². The van der Waals surface area contributed by atoms with Gasteiger partial charge in [-0.2, -0.15) is 0 Å². The Morgan fingerprint density at radius 1 is 1.54 bits per heavy atom. The summed E-state index contributed by atoms with van der Waals surface area (Å²) in [6, 6.07) is 1.98. The molecular weight excluding hydrogens is 230 g/mol. The number of hydrogen-bond donors (Lipinski definition) is 0. The van der Waals surface area contributed by atoms with E-state index in [1.165, 1.54) is 0 Å². The summed E-state index contributed by atoms with van der Waals surface area (Å²) in [4.78, 5) is 15.9. The summed E-state index contributed by atoms with van der Waals surface area (Å²) >= 11 is 3.35. The second-order valence-electron chi connectivity index (χ2n) is 4.05. The molecule has 2 rings (SSSR count). The van der Waals surface area contributed by atoms with E-state index >= 15 is 0 Å². The lowest BCUT2D eigenvalue weighted by molar-refractivity contribution is 0.0859. The molecule has 1 aliphatic carbocycles. The zero-order chi connectivity index (χ0) is 9.64. The predicted molar refractivity (Wildman–Crippen MR) is 53.8 cm³/mol. The molecule has 0 aliphatic heterocycles. The molecule has 0 radical (unpaired) electrons. The Hall–Kier alpha value is -0.700. The summed E-state index contributed by atoms with van der Waals surface area (Å²) in [6.45, 7) is 3.93. The Balaban J connectivity index is 2.57. The van der Waals surface area contributed by atoms with Crippen LogP contribution in [0.15, 0.2) is 16.7 Å². The molecule has 68 valence electrons. The number of carbonyl (C=O) groups is 1. The minimum Gasteiger partial charge on any atom is -0.292 e. The molecule has 2 nitrogen and oxygen atoms in total. The SMILES string of the molecule is CC1(C)Cc2cc(Br)cnc2C1=O.